The number of carbonyl (C=O) groups is 2. The number of hydrogen-bond acceptors (Lipinski definition) is 5. The van der Waals surface area contributed by atoms with Crippen molar-refractivity contribution in [2.45, 2.75) is 33.4 Å². The van der Waals surface area contributed by atoms with Crippen molar-refractivity contribution in [2.24, 2.45) is 0 Å². The molecule has 0 fully saturated rings. The zero-order chi connectivity index (χ0) is 21.8. The molecule has 3 rings (SSSR count). The standard InChI is InChI=1S/C23H25N3O4/c1-5-26-20-12-11-18(13-19(20)24-15(2)22(26)28)23(29)30-14-21(27)25(4)16(3)17-9-7-6-8-10-17/h6-13,16H,5,14H2,1-4H3/t16-/m1/s1. The van der Waals surface area contributed by atoms with Gasteiger partial charge in [-0.05, 0) is 44.5 Å². The van der Waals surface area contributed by atoms with Crippen LogP contribution in [0.25, 0.3) is 11.0 Å². The van der Waals surface area contributed by atoms with Gasteiger partial charge in [-0.1, -0.05) is 30.3 Å². The molecule has 3 aromatic rings. The van der Waals surface area contributed by atoms with E-state index in [1.165, 1.54) is 0 Å². The van der Waals surface area contributed by atoms with E-state index in [9.17, 15) is 14.4 Å². The Balaban J connectivity index is 1.71. The number of aromatic nitrogens is 2. The SMILES string of the molecule is CCn1c(=O)c(C)nc2cc(C(=O)OCC(=O)N(C)[C@H](C)c3ccccc3)ccc21. The molecule has 0 bridgehead atoms. The van der Waals surface area contributed by atoms with E-state index in [-0.39, 0.29) is 29.7 Å². The van der Waals surface area contributed by atoms with Gasteiger partial charge in [0.1, 0.15) is 5.69 Å². The van der Waals surface area contributed by atoms with Gasteiger partial charge in [-0.3, -0.25) is 9.59 Å². The minimum Gasteiger partial charge on any atom is -0.452 e. The van der Waals surface area contributed by atoms with Crippen LogP contribution < -0.4 is 5.56 Å². The molecule has 0 N–H and O–H groups in total. The van der Waals surface area contributed by atoms with Gasteiger partial charge in [0.25, 0.3) is 11.5 Å². The van der Waals surface area contributed by atoms with Gasteiger partial charge < -0.3 is 14.2 Å². The molecular weight excluding hydrogens is 382 g/mol. The lowest BCUT2D eigenvalue weighted by atomic mass is 10.1. The van der Waals surface area contributed by atoms with Gasteiger partial charge in [0.05, 0.1) is 22.6 Å². The molecule has 0 aliphatic heterocycles. The molecule has 0 saturated heterocycles. The first-order chi connectivity index (χ1) is 14.3. The molecule has 1 amide bonds. The topological polar surface area (TPSA) is 81.5 Å². The summed E-state index contributed by atoms with van der Waals surface area (Å²) in [5, 5.41) is 0. The van der Waals surface area contributed by atoms with E-state index in [2.05, 4.69) is 4.98 Å². The zero-order valence-corrected chi connectivity index (χ0v) is 17.6. The second kappa shape index (κ2) is 8.90. The number of fused-ring (bicyclic) bond motifs is 1. The molecule has 0 radical (unpaired) electrons. The fourth-order valence-corrected chi connectivity index (χ4v) is 3.30. The molecule has 1 atom stereocenters. The van der Waals surface area contributed by atoms with E-state index in [0.717, 1.165) is 5.56 Å². The van der Waals surface area contributed by atoms with Crippen LogP contribution in [0.1, 0.15) is 41.5 Å². The Kier molecular flexibility index (Phi) is 6.30. The van der Waals surface area contributed by atoms with Crippen molar-refractivity contribution in [1.82, 2.24) is 14.5 Å². The number of nitrogens with zero attached hydrogens (tertiary/aromatic N) is 3. The predicted molar refractivity (Wildman–Crippen MR) is 114 cm³/mol. The van der Waals surface area contributed by atoms with E-state index in [1.54, 1.807) is 41.6 Å². The Morgan fingerprint density at radius 1 is 1.17 bits per heavy atom. The zero-order valence-electron chi connectivity index (χ0n) is 17.6. The molecule has 0 saturated carbocycles. The summed E-state index contributed by atoms with van der Waals surface area (Å²) in [5.41, 5.74) is 2.67. The maximum atomic E-state index is 12.5. The maximum Gasteiger partial charge on any atom is 0.338 e. The molecular formula is C23H25N3O4. The molecule has 7 nitrogen and oxygen atoms in total. The van der Waals surface area contributed by atoms with Crippen LogP contribution in [0.3, 0.4) is 0 Å². The van der Waals surface area contributed by atoms with Gasteiger partial charge in [-0.25, -0.2) is 9.78 Å². The third-order valence-corrected chi connectivity index (χ3v) is 5.24. The number of ether oxygens (including phenoxy) is 1. The Bertz CT molecular complexity index is 1140. The van der Waals surface area contributed by atoms with Crippen LogP contribution >= 0.6 is 0 Å². The Morgan fingerprint density at radius 2 is 1.87 bits per heavy atom. The first kappa shape index (κ1) is 21.2. The highest BCUT2D eigenvalue weighted by molar-refractivity contribution is 5.94. The number of carbonyl (C=O) groups excluding carboxylic acids is 2. The molecule has 0 unspecified atom stereocenters. The lowest BCUT2D eigenvalue weighted by Crippen LogP contribution is -2.33. The molecule has 0 aliphatic carbocycles. The summed E-state index contributed by atoms with van der Waals surface area (Å²) in [6.07, 6.45) is 0. The summed E-state index contributed by atoms with van der Waals surface area (Å²) < 4.78 is 6.84. The van der Waals surface area contributed by atoms with Crippen LogP contribution in [0.5, 0.6) is 0 Å². The smallest absolute Gasteiger partial charge is 0.338 e. The van der Waals surface area contributed by atoms with E-state index in [4.69, 9.17) is 4.74 Å². The summed E-state index contributed by atoms with van der Waals surface area (Å²) in [6.45, 7) is 5.58. The van der Waals surface area contributed by atoms with Crippen molar-refractivity contribution in [3.05, 3.63) is 75.7 Å². The number of amides is 1. The maximum absolute atomic E-state index is 12.5. The highest BCUT2D eigenvalue weighted by Crippen LogP contribution is 2.19. The molecule has 2 aromatic carbocycles. The first-order valence-electron chi connectivity index (χ1n) is 9.82. The summed E-state index contributed by atoms with van der Waals surface area (Å²) in [6, 6.07) is 14.3. The lowest BCUT2D eigenvalue weighted by Gasteiger charge is -2.25. The quantitative estimate of drug-likeness (QED) is 0.587. The van der Waals surface area contributed by atoms with Crippen molar-refractivity contribution >= 4 is 22.9 Å². The number of esters is 1. The number of benzene rings is 2. The highest BCUT2D eigenvalue weighted by Gasteiger charge is 2.19. The number of likely N-dealkylation sites (N-methyl/N-ethyl adjacent to an activating group) is 1. The Morgan fingerprint density at radius 3 is 2.53 bits per heavy atom. The van der Waals surface area contributed by atoms with Crippen molar-refractivity contribution in [3.8, 4) is 0 Å². The second-order valence-electron chi connectivity index (χ2n) is 7.12. The van der Waals surface area contributed by atoms with Crippen LogP contribution in [0.4, 0.5) is 0 Å². The molecule has 156 valence electrons. The fraction of sp³-hybridized carbons (Fsp3) is 0.304. The number of aryl methyl sites for hydroxylation is 2. The molecule has 30 heavy (non-hydrogen) atoms. The molecule has 1 heterocycles. The van der Waals surface area contributed by atoms with Crippen molar-refractivity contribution in [2.75, 3.05) is 13.7 Å². The molecule has 1 aromatic heterocycles. The summed E-state index contributed by atoms with van der Waals surface area (Å²) in [5.74, 6) is -0.908. The van der Waals surface area contributed by atoms with Gasteiger partial charge in [0.15, 0.2) is 6.61 Å². The minimum absolute atomic E-state index is 0.143. The lowest BCUT2D eigenvalue weighted by molar-refractivity contribution is -0.135. The number of hydrogen-bond donors (Lipinski definition) is 0. The van der Waals surface area contributed by atoms with Crippen LogP contribution in [0, 0.1) is 6.92 Å². The van der Waals surface area contributed by atoms with Crippen LogP contribution in [0.2, 0.25) is 0 Å². The van der Waals surface area contributed by atoms with E-state index in [0.29, 0.717) is 23.3 Å². The largest absolute Gasteiger partial charge is 0.452 e. The van der Waals surface area contributed by atoms with Gasteiger partial charge in [-0.15, -0.1) is 0 Å². The average Bonchev–Trinajstić information content (AvgIpc) is 2.77. The minimum atomic E-state index is -0.611. The van der Waals surface area contributed by atoms with Crippen LogP contribution in [-0.2, 0) is 16.1 Å². The van der Waals surface area contributed by atoms with Gasteiger partial charge in [0, 0.05) is 13.6 Å². The van der Waals surface area contributed by atoms with Gasteiger partial charge in [0.2, 0.25) is 0 Å². The van der Waals surface area contributed by atoms with E-state index >= 15 is 0 Å². The van der Waals surface area contributed by atoms with Crippen LogP contribution in [0.15, 0.2) is 53.3 Å². The normalized spacial score (nSPS) is 11.9. The summed E-state index contributed by atoms with van der Waals surface area (Å²) >= 11 is 0. The third-order valence-electron chi connectivity index (χ3n) is 5.24. The monoisotopic (exact) mass is 407 g/mol. The van der Waals surface area contributed by atoms with Gasteiger partial charge in [-0.2, -0.15) is 0 Å². The van der Waals surface area contributed by atoms with Gasteiger partial charge >= 0.3 is 5.97 Å². The molecule has 0 spiro atoms. The Labute approximate surface area is 174 Å². The predicted octanol–water partition coefficient (Wildman–Crippen LogP) is 3.10. The third kappa shape index (κ3) is 4.25. The van der Waals surface area contributed by atoms with Crippen molar-refractivity contribution in [3.63, 3.8) is 0 Å². The Hall–Kier alpha value is -3.48. The summed E-state index contributed by atoms with van der Waals surface area (Å²) in [7, 11) is 1.68. The van der Waals surface area contributed by atoms with E-state index in [1.807, 2.05) is 44.2 Å². The molecule has 0 aliphatic rings. The molecule has 7 heteroatoms. The average molecular weight is 407 g/mol. The van der Waals surface area contributed by atoms with Crippen LogP contribution in [-0.4, -0.2) is 40.0 Å². The summed E-state index contributed by atoms with van der Waals surface area (Å²) in [4.78, 5) is 43.0. The second-order valence-corrected chi connectivity index (χ2v) is 7.12. The van der Waals surface area contributed by atoms with E-state index < -0.39 is 5.97 Å². The highest BCUT2D eigenvalue weighted by atomic mass is 16.5. The fourth-order valence-electron chi connectivity index (χ4n) is 3.30. The number of rotatable bonds is 6. The first-order valence-corrected chi connectivity index (χ1v) is 9.82. The van der Waals surface area contributed by atoms with Crippen molar-refractivity contribution in [1.29, 1.82) is 0 Å². The van der Waals surface area contributed by atoms with Crippen molar-refractivity contribution < 1.29 is 14.3 Å².